The molecule has 22 heavy (non-hydrogen) atoms. The maximum atomic E-state index is 11.4. The maximum absolute atomic E-state index is 11.4. The summed E-state index contributed by atoms with van der Waals surface area (Å²) >= 11 is 0. The van der Waals surface area contributed by atoms with Crippen LogP contribution in [0.4, 0.5) is 0 Å². The van der Waals surface area contributed by atoms with Crippen LogP contribution in [0.5, 0.6) is 0 Å². The number of amides is 1. The first-order valence-corrected chi connectivity index (χ1v) is 10.3. The number of rotatable bonds is 15. The van der Waals surface area contributed by atoms with Crippen LogP contribution in [0, 0.1) is 0 Å². The van der Waals surface area contributed by atoms with E-state index >= 15 is 0 Å². The summed E-state index contributed by atoms with van der Waals surface area (Å²) in [4.78, 5) is 11.4. The zero-order valence-electron chi connectivity index (χ0n) is 14.2. The van der Waals surface area contributed by atoms with E-state index < -0.39 is 10.1 Å². The van der Waals surface area contributed by atoms with E-state index in [1.165, 1.54) is 58.3 Å². The minimum absolute atomic E-state index is 0.147. The molecular formula is C16H33NO4S. The lowest BCUT2D eigenvalue weighted by atomic mass is 10.1. The highest BCUT2D eigenvalue weighted by atomic mass is 32.2. The Kier molecular flexibility index (Phi) is 13.6. The van der Waals surface area contributed by atoms with Gasteiger partial charge in [0, 0.05) is 6.42 Å². The zero-order chi connectivity index (χ0) is 16.7. The standard InChI is InChI=1S/C16H33NO4S/c1-3-5-6-7-8-9-10-11-12-13-14-15-16(18)17-21-22(19,20)4-2/h3-15H2,1-2H3,(H,17,18). The molecule has 5 nitrogen and oxygen atoms in total. The van der Waals surface area contributed by atoms with Gasteiger partial charge >= 0.3 is 0 Å². The van der Waals surface area contributed by atoms with Crippen LogP contribution in [0.25, 0.3) is 0 Å². The molecule has 0 heterocycles. The van der Waals surface area contributed by atoms with E-state index in [1.54, 1.807) is 0 Å². The quantitative estimate of drug-likeness (QED) is 0.361. The predicted octanol–water partition coefficient (Wildman–Crippen LogP) is 4.09. The number of hydrogen-bond donors (Lipinski definition) is 1. The Balaban J connectivity index is 3.30. The van der Waals surface area contributed by atoms with Gasteiger partial charge < -0.3 is 0 Å². The van der Waals surface area contributed by atoms with Gasteiger partial charge in [0.25, 0.3) is 10.1 Å². The van der Waals surface area contributed by atoms with Crippen molar-refractivity contribution in [1.82, 2.24) is 5.48 Å². The Morgan fingerprint density at radius 2 is 1.27 bits per heavy atom. The fourth-order valence-electron chi connectivity index (χ4n) is 2.17. The van der Waals surface area contributed by atoms with Crippen LogP contribution in [0.3, 0.4) is 0 Å². The van der Waals surface area contributed by atoms with Crippen molar-refractivity contribution in [2.24, 2.45) is 0 Å². The number of hydrogen-bond acceptors (Lipinski definition) is 4. The fourth-order valence-corrected chi connectivity index (χ4v) is 2.51. The molecule has 0 aliphatic carbocycles. The summed E-state index contributed by atoms with van der Waals surface area (Å²) in [6.07, 6.45) is 13.7. The van der Waals surface area contributed by atoms with Crippen LogP contribution in [0.2, 0.25) is 0 Å². The summed E-state index contributed by atoms with van der Waals surface area (Å²) < 4.78 is 26.4. The number of carbonyl (C=O) groups excluding carboxylic acids is 1. The van der Waals surface area contributed by atoms with Crippen LogP contribution in [0.1, 0.15) is 90.9 Å². The molecule has 132 valence electrons. The molecule has 1 N–H and O–H groups in total. The maximum Gasteiger partial charge on any atom is 0.287 e. The second kappa shape index (κ2) is 14.0. The number of nitrogens with one attached hydrogen (secondary N) is 1. The van der Waals surface area contributed by atoms with Gasteiger partial charge in [-0.15, -0.1) is 4.28 Å². The van der Waals surface area contributed by atoms with Crippen molar-refractivity contribution >= 4 is 16.0 Å². The minimum atomic E-state index is -3.60. The van der Waals surface area contributed by atoms with Crippen LogP contribution >= 0.6 is 0 Å². The van der Waals surface area contributed by atoms with E-state index in [2.05, 4.69) is 11.2 Å². The second-order valence-corrected chi connectivity index (χ2v) is 7.60. The second-order valence-electron chi connectivity index (χ2n) is 5.74. The van der Waals surface area contributed by atoms with Crippen molar-refractivity contribution in [2.75, 3.05) is 5.75 Å². The lowest BCUT2D eigenvalue weighted by Crippen LogP contribution is -2.27. The highest BCUT2D eigenvalue weighted by Gasteiger charge is 2.10. The van der Waals surface area contributed by atoms with E-state index in [0.717, 1.165) is 19.3 Å². The third-order valence-corrected chi connectivity index (χ3v) is 4.69. The molecule has 0 atom stereocenters. The molecule has 0 saturated heterocycles. The predicted molar refractivity (Wildman–Crippen MR) is 89.8 cm³/mol. The monoisotopic (exact) mass is 335 g/mol. The van der Waals surface area contributed by atoms with Gasteiger partial charge in [-0.2, -0.15) is 8.42 Å². The van der Waals surface area contributed by atoms with Gasteiger partial charge in [0.2, 0.25) is 5.91 Å². The molecule has 0 aliphatic heterocycles. The van der Waals surface area contributed by atoms with E-state index in [-0.39, 0.29) is 11.7 Å². The van der Waals surface area contributed by atoms with E-state index in [0.29, 0.717) is 6.42 Å². The molecule has 0 saturated carbocycles. The van der Waals surface area contributed by atoms with Crippen LogP contribution < -0.4 is 5.48 Å². The largest absolute Gasteiger partial charge is 0.287 e. The van der Waals surface area contributed by atoms with Crippen LogP contribution in [-0.4, -0.2) is 20.1 Å². The number of unbranched alkanes of at least 4 members (excludes halogenated alkanes) is 10. The van der Waals surface area contributed by atoms with Crippen molar-refractivity contribution < 1.29 is 17.5 Å². The molecule has 0 spiro atoms. The van der Waals surface area contributed by atoms with Gasteiger partial charge in [-0.1, -0.05) is 71.1 Å². The summed E-state index contributed by atoms with van der Waals surface area (Å²) in [6, 6.07) is 0. The highest BCUT2D eigenvalue weighted by Crippen LogP contribution is 2.11. The first-order valence-electron chi connectivity index (χ1n) is 8.71. The average molecular weight is 336 g/mol. The molecule has 0 bridgehead atoms. The number of carbonyl (C=O) groups is 1. The Hall–Kier alpha value is -0.620. The smallest absolute Gasteiger partial charge is 0.273 e. The summed E-state index contributed by atoms with van der Waals surface area (Å²) in [5, 5.41) is 0. The Morgan fingerprint density at radius 1 is 0.818 bits per heavy atom. The molecule has 0 unspecified atom stereocenters. The number of hydroxylamine groups is 1. The molecule has 0 fully saturated rings. The molecule has 0 aromatic heterocycles. The summed E-state index contributed by atoms with van der Waals surface area (Å²) in [5.74, 6) is -0.515. The van der Waals surface area contributed by atoms with Crippen molar-refractivity contribution in [3.05, 3.63) is 0 Å². The molecule has 0 aromatic rings. The summed E-state index contributed by atoms with van der Waals surface area (Å²) in [7, 11) is -3.60. The van der Waals surface area contributed by atoms with Gasteiger partial charge in [-0.3, -0.25) is 4.79 Å². The molecule has 1 amide bonds. The Morgan fingerprint density at radius 3 is 1.73 bits per heavy atom. The lowest BCUT2D eigenvalue weighted by Gasteiger charge is -2.05. The SMILES string of the molecule is CCCCCCCCCCCCCC(=O)NOS(=O)(=O)CC. The Bertz CT molecular complexity index is 368. The molecule has 6 heteroatoms. The highest BCUT2D eigenvalue weighted by molar-refractivity contribution is 7.86. The third kappa shape index (κ3) is 14.3. The lowest BCUT2D eigenvalue weighted by molar-refractivity contribution is -0.127. The minimum Gasteiger partial charge on any atom is -0.273 e. The summed E-state index contributed by atoms with van der Waals surface area (Å²) in [6.45, 7) is 3.69. The zero-order valence-corrected chi connectivity index (χ0v) is 15.1. The normalized spacial score (nSPS) is 11.5. The van der Waals surface area contributed by atoms with E-state index in [4.69, 9.17) is 0 Å². The van der Waals surface area contributed by atoms with Gasteiger partial charge in [0.15, 0.2) is 0 Å². The average Bonchev–Trinajstić information content (AvgIpc) is 2.50. The van der Waals surface area contributed by atoms with Crippen molar-refractivity contribution in [3.63, 3.8) is 0 Å². The van der Waals surface area contributed by atoms with Gasteiger partial charge in [0.05, 0.1) is 5.75 Å². The first kappa shape index (κ1) is 21.4. The Labute approximate surface area is 136 Å². The van der Waals surface area contributed by atoms with Gasteiger partial charge in [-0.05, 0) is 13.3 Å². The fraction of sp³-hybridized carbons (Fsp3) is 0.938. The molecule has 0 aliphatic rings. The molecule has 0 rings (SSSR count). The van der Waals surface area contributed by atoms with Gasteiger partial charge in [0.1, 0.15) is 0 Å². The van der Waals surface area contributed by atoms with Crippen molar-refractivity contribution in [3.8, 4) is 0 Å². The summed E-state index contributed by atoms with van der Waals surface area (Å²) in [5.41, 5.74) is 1.98. The van der Waals surface area contributed by atoms with Crippen LogP contribution in [-0.2, 0) is 19.2 Å². The van der Waals surface area contributed by atoms with Crippen LogP contribution in [0.15, 0.2) is 0 Å². The van der Waals surface area contributed by atoms with E-state index in [1.807, 2.05) is 5.48 Å². The molecular weight excluding hydrogens is 302 g/mol. The van der Waals surface area contributed by atoms with Crippen molar-refractivity contribution in [2.45, 2.75) is 90.9 Å². The van der Waals surface area contributed by atoms with Gasteiger partial charge in [-0.25, -0.2) is 5.48 Å². The first-order chi connectivity index (χ1) is 10.5. The van der Waals surface area contributed by atoms with Crippen molar-refractivity contribution in [1.29, 1.82) is 0 Å². The molecule has 0 aromatic carbocycles. The third-order valence-electron chi connectivity index (χ3n) is 3.64. The molecule has 0 radical (unpaired) electrons. The van der Waals surface area contributed by atoms with E-state index in [9.17, 15) is 13.2 Å². The topological polar surface area (TPSA) is 72.5 Å².